The van der Waals surface area contributed by atoms with Crippen molar-refractivity contribution in [2.75, 3.05) is 6.54 Å². The zero-order chi connectivity index (χ0) is 25.9. The zero-order valence-corrected chi connectivity index (χ0v) is 18.8. The van der Waals surface area contributed by atoms with Gasteiger partial charge in [0.1, 0.15) is 12.1 Å². The molecule has 0 saturated heterocycles. The second-order valence-corrected chi connectivity index (χ2v) is 7.95. The molecule has 0 aromatic heterocycles. The molecular weight excluding hydrogens is 455 g/mol. The van der Waals surface area contributed by atoms with E-state index in [0.717, 1.165) is 6.92 Å². The van der Waals surface area contributed by atoms with E-state index < -0.39 is 54.4 Å². The monoisotopic (exact) mass is 487 g/mol. The third-order valence-corrected chi connectivity index (χ3v) is 5.03. The summed E-state index contributed by atoms with van der Waals surface area (Å²) in [4.78, 5) is 40.9. The van der Waals surface area contributed by atoms with Crippen LogP contribution < -0.4 is 33.6 Å². The number of primary amides is 1. The molecule has 0 heterocycles. The normalized spacial score (nSPS) is 14.9. The van der Waals surface area contributed by atoms with Gasteiger partial charge in [0.05, 0.1) is 12.0 Å². The molecule has 10 N–H and O–H groups in total. The van der Waals surface area contributed by atoms with Crippen molar-refractivity contribution in [3.05, 3.63) is 35.9 Å². The van der Waals surface area contributed by atoms with Gasteiger partial charge in [-0.3, -0.25) is 19.4 Å². The van der Waals surface area contributed by atoms with Crippen LogP contribution in [-0.2, 0) is 20.8 Å². The van der Waals surface area contributed by atoms with Crippen LogP contribution >= 0.6 is 0 Å². The lowest BCUT2D eigenvalue weighted by molar-refractivity contribution is -0.173. The van der Waals surface area contributed by atoms with Gasteiger partial charge < -0.3 is 33.6 Å². The first kappa shape index (κ1) is 28.7. The van der Waals surface area contributed by atoms with E-state index in [1.807, 2.05) is 0 Å². The molecule has 1 aromatic carbocycles. The summed E-state index contributed by atoms with van der Waals surface area (Å²) in [7, 11) is 0. The van der Waals surface area contributed by atoms with E-state index in [-0.39, 0.29) is 25.3 Å². The van der Waals surface area contributed by atoms with E-state index >= 15 is 0 Å². The smallest absolute Gasteiger partial charge is 0.370 e. The molecule has 34 heavy (non-hydrogen) atoms. The minimum Gasteiger partial charge on any atom is -0.370 e. The molecule has 10 nitrogen and oxygen atoms in total. The van der Waals surface area contributed by atoms with E-state index in [9.17, 15) is 27.6 Å². The van der Waals surface area contributed by atoms with Crippen LogP contribution in [0.4, 0.5) is 13.2 Å². The Balaban J connectivity index is 2.92. The summed E-state index contributed by atoms with van der Waals surface area (Å²) in [6.07, 6.45) is -4.86. The van der Waals surface area contributed by atoms with Crippen LogP contribution in [0.15, 0.2) is 35.3 Å². The Labute approximate surface area is 195 Å². The molecule has 0 aliphatic heterocycles. The van der Waals surface area contributed by atoms with Gasteiger partial charge in [0.25, 0.3) is 0 Å². The van der Waals surface area contributed by atoms with Crippen LogP contribution in [0.5, 0.6) is 0 Å². The highest BCUT2D eigenvalue weighted by molar-refractivity contribution is 5.92. The Morgan fingerprint density at radius 2 is 1.59 bits per heavy atom. The summed E-state index contributed by atoms with van der Waals surface area (Å²) in [6, 6.07) is 4.71. The predicted octanol–water partition coefficient (Wildman–Crippen LogP) is -0.347. The fraction of sp³-hybridized carbons (Fsp3) is 0.524. The highest BCUT2D eigenvalue weighted by atomic mass is 19.4. The average Bonchev–Trinajstić information content (AvgIpc) is 2.75. The third kappa shape index (κ3) is 10.5. The molecular formula is C21H32F3N7O3. The summed E-state index contributed by atoms with van der Waals surface area (Å²) in [5.41, 5.74) is 22.3. The number of alkyl halides is 3. The quantitative estimate of drug-likeness (QED) is 0.125. The van der Waals surface area contributed by atoms with Crippen molar-refractivity contribution in [3.63, 3.8) is 0 Å². The van der Waals surface area contributed by atoms with Crippen LogP contribution in [0.25, 0.3) is 0 Å². The van der Waals surface area contributed by atoms with Gasteiger partial charge >= 0.3 is 6.18 Å². The first-order chi connectivity index (χ1) is 15.8. The minimum atomic E-state index is -4.60. The molecule has 4 atom stereocenters. The average molecular weight is 488 g/mol. The van der Waals surface area contributed by atoms with Crippen molar-refractivity contribution in [3.8, 4) is 0 Å². The fourth-order valence-electron chi connectivity index (χ4n) is 2.99. The van der Waals surface area contributed by atoms with Crippen LogP contribution in [0, 0.1) is 5.92 Å². The number of nitrogens with two attached hydrogens (primary N) is 4. The molecule has 0 spiro atoms. The molecule has 13 heteroatoms. The van der Waals surface area contributed by atoms with E-state index in [2.05, 4.69) is 15.6 Å². The maximum atomic E-state index is 13.1. The maximum absolute atomic E-state index is 13.1. The van der Waals surface area contributed by atoms with Gasteiger partial charge in [0.2, 0.25) is 17.7 Å². The Hall–Kier alpha value is -3.35. The van der Waals surface area contributed by atoms with Gasteiger partial charge in [-0.25, -0.2) is 0 Å². The molecule has 0 radical (unpaired) electrons. The Morgan fingerprint density at radius 1 is 1.00 bits per heavy atom. The second kappa shape index (κ2) is 13.4. The lowest BCUT2D eigenvalue weighted by Crippen LogP contribution is -2.56. The molecule has 1 unspecified atom stereocenters. The molecule has 0 bridgehead atoms. The summed E-state index contributed by atoms with van der Waals surface area (Å²) in [5.74, 6) is -4.71. The summed E-state index contributed by atoms with van der Waals surface area (Å²) in [6.45, 7) is 1.09. The molecule has 190 valence electrons. The van der Waals surface area contributed by atoms with Crippen LogP contribution in [0.1, 0.15) is 31.7 Å². The van der Waals surface area contributed by atoms with Gasteiger partial charge in [-0.15, -0.1) is 0 Å². The van der Waals surface area contributed by atoms with Gasteiger partial charge in [-0.1, -0.05) is 37.3 Å². The number of amides is 3. The number of rotatable bonds is 13. The SMILES string of the molecule is CC(C[C@H](NC(=O)[C@@H](N)CCCN=C(N)N)C(=O)N[C@@H](Cc1ccccc1)C(N)=O)C(F)(F)F. The van der Waals surface area contributed by atoms with Crippen molar-refractivity contribution < 1.29 is 27.6 Å². The van der Waals surface area contributed by atoms with E-state index in [1.54, 1.807) is 30.3 Å². The topological polar surface area (TPSA) is 192 Å². The molecule has 0 fully saturated rings. The third-order valence-electron chi connectivity index (χ3n) is 5.03. The first-order valence-electron chi connectivity index (χ1n) is 10.6. The number of nitrogens with zero attached hydrogens (tertiary/aromatic N) is 1. The largest absolute Gasteiger partial charge is 0.391 e. The van der Waals surface area contributed by atoms with Gasteiger partial charge in [-0.05, 0) is 24.8 Å². The number of carbonyl (C=O) groups excluding carboxylic acids is 3. The number of guanidine groups is 1. The summed E-state index contributed by atoms with van der Waals surface area (Å²) >= 11 is 0. The van der Waals surface area contributed by atoms with Crippen molar-refractivity contribution in [2.24, 2.45) is 33.8 Å². The number of aliphatic imine (C=N–C) groups is 1. The lowest BCUT2D eigenvalue weighted by atomic mass is 9.98. The van der Waals surface area contributed by atoms with Crippen LogP contribution in [-0.4, -0.2) is 54.5 Å². The standard InChI is InChI=1S/C21H32F3N7O3/c1-12(21(22,23)24)10-16(31-18(33)14(25)8-5-9-29-20(27)28)19(34)30-15(17(26)32)11-13-6-3-2-4-7-13/h2-4,6-7,12,14-16H,5,8-11,25H2,1H3,(H2,26,32)(H,30,34)(H,31,33)(H4,27,28,29)/t12?,14-,15-,16-/m0/s1. The molecule has 0 saturated carbocycles. The van der Waals surface area contributed by atoms with Crippen molar-refractivity contribution in [1.29, 1.82) is 0 Å². The molecule has 3 amide bonds. The lowest BCUT2D eigenvalue weighted by Gasteiger charge is -2.26. The number of carbonyl (C=O) groups is 3. The number of hydrogen-bond donors (Lipinski definition) is 6. The molecule has 1 rings (SSSR count). The number of halogens is 3. The fourth-order valence-corrected chi connectivity index (χ4v) is 2.99. The molecule has 0 aliphatic carbocycles. The van der Waals surface area contributed by atoms with Gasteiger partial charge in [-0.2, -0.15) is 13.2 Å². The van der Waals surface area contributed by atoms with Gasteiger partial charge in [0.15, 0.2) is 5.96 Å². The number of benzene rings is 1. The maximum Gasteiger partial charge on any atom is 0.391 e. The first-order valence-corrected chi connectivity index (χ1v) is 10.6. The highest BCUT2D eigenvalue weighted by Crippen LogP contribution is 2.29. The number of nitrogens with one attached hydrogen (secondary N) is 2. The van der Waals surface area contributed by atoms with E-state index in [1.165, 1.54) is 0 Å². The Kier molecular flexibility index (Phi) is 11.3. The summed E-state index contributed by atoms with van der Waals surface area (Å²) in [5, 5.41) is 4.61. The van der Waals surface area contributed by atoms with Crippen molar-refractivity contribution in [1.82, 2.24) is 10.6 Å². The molecule has 1 aromatic rings. The Bertz CT molecular complexity index is 846. The van der Waals surface area contributed by atoms with Crippen LogP contribution in [0.2, 0.25) is 0 Å². The molecule has 0 aliphatic rings. The summed E-state index contributed by atoms with van der Waals surface area (Å²) < 4.78 is 39.4. The van der Waals surface area contributed by atoms with Crippen LogP contribution in [0.3, 0.4) is 0 Å². The Morgan fingerprint density at radius 3 is 2.12 bits per heavy atom. The highest BCUT2D eigenvalue weighted by Gasteiger charge is 2.39. The second-order valence-electron chi connectivity index (χ2n) is 7.95. The van der Waals surface area contributed by atoms with Gasteiger partial charge in [0, 0.05) is 13.0 Å². The van der Waals surface area contributed by atoms with Crippen molar-refractivity contribution in [2.45, 2.75) is 56.9 Å². The minimum absolute atomic E-state index is 0.0295. The zero-order valence-electron chi connectivity index (χ0n) is 18.8. The van der Waals surface area contributed by atoms with Crippen molar-refractivity contribution >= 4 is 23.7 Å². The number of hydrogen-bond acceptors (Lipinski definition) is 5. The van der Waals surface area contributed by atoms with E-state index in [0.29, 0.717) is 12.0 Å². The van der Waals surface area contributed by atoms with E-state index in [4.69, 9.17) is 22.9 Å². The predicted molar refractivity (Wildman–Crippen MR) is 121 cm³/mol.